The molecule has 2 aromatic carbocycles. The number of hydrogen-bond donors (Lipinski definition) is 1. The molecule has 0 amide bonds. The summed E-state index contributed by atoms with van der Waals surface area (Å²) in [6.07, 6.45) is 3.04. The highest BCUT2D eigenvalue weighted by Gasteiger charge is 2.20. The lowest BCUT2D eigenvalue weighted by molar-refractivity contribution is 0.288. The van der Waals surface area contributed by atoms with E-state index in [1.54, 1.807) is 0 Å². The van der Waals surface area contributed by atoms with Gasteiger partial charge in [0.1, 0.15) is 0 Å². The predicted molar refractivity (Wildman–Crippen MR) is 105 cm³/mol. The summed E-state index contributed by atoms with van der Waals surface area (Å²) >= 11 is 3.65. The van der Waals surface area contributed by atoms with Crippen molar-refractivity contribution in [1.29, 1.82) is 0 Å². The predicted octanol–water partition coefficient (Wildman–Crippen LogP) is 5.34. The summed E-state index contributed by atoms with van der Waals surface area (Å²) in [4.78, 5) is 5.74. The summed E-state index contributed by atoms with van der Waals surface area (Å²) in [5.41, 5.74) is 1.05. The van der Waals surface area contributed by atoms with E-state index >= 15 is 0 Å². The van der Waals surface area contributed by atoms with E-state index in [0.717, 1.165) is 26.6 Å². The standard InChI is InChI=1S/C19H19BrNO2S/c1-3-22-16-10-9-14(13-17(16)23-4-2)19-21-11-12-24(19)18-8-6-5-7-15(18)20/h5-10,12-13,24H,3-4H2,1-2H3. The molecule has 0 N–H and O–H groups in total. The van der Waals surface area contributed by atoms with Gasteiger partial charge in [-0.1, -0.05) is 12.1 Å². The van der Waals surface area contributed by atoms with Gasteiger partial charge in [-0.15, -0.1) is 0 Å². The number of hydrogen-bond acceptors (Lipinski definition) is 3. The third kappa shape index (κ3) is 3.52. The molecule has 0 saturated carbocycles. The molecule has 3 rings (SSSR count). The Morgan fingerprint density at radius 3 is 2.54 bits per heavy atom. The van der Waals surface area contributed by atoms with Crippen LogP contribution in [-0.2, 0) is 0 Å². The Bertz CT molecular complexity index is 789. The van der Waals surface area contributed by atoms with Crippen LogP contribution in [0.4, 0.5) is 0 Å². The molecule has 125 valence electrons. The third-order valence-electron chi connectivity index (χ3n) is 3.50. The van der Waals surface area contributed by atoms with Crippen molar-refractivity contribution in [1.82, 2.24) is 0 Å². The van der Waals surface area contributed by atoms with Crippen LogP contribution < -0.4 is 9.47 Å². The minimum atomic E-state index is -0.669. The van der Waals surface area contributed by atoms with Gasteiger partial charge in [0.2, 0.25) is 0 Å². The van der Waals surface area contributed by atoms with Crippen LogP contribution in [0.25, 0.3) is 0 Å². The number of rotatable bonds is 6. The van der Waals surface area contributed by atoms with Gasteiger partial charge in [-0.3, -0.25) is 0 Å². The van der Waals surface area contributed by atoms with Crippen LogP contribution in [0, 0.1) is 6.20 Å². The summed E-state index contributed by atoms with van der Waals surface area (Å²) in [5, 5.41) is 3.09. The van der Waals surface area contributed by atoms with Crippen molar-refractivity contribution in [2.75, 3.05) is 13.2 Å². The molecule has 1 radical (unpaired) electrons. The fourth-order valence-corrected chi connectivity index (χ4v) is 5.14. The van der Waals surface area contributed by atoms with Gasteiger partial charge < -0.3 is 9.47 Å². The van der Waals surface area contributed by atoms with Crippen molar-refractivity contribution in [3.05, 3.63) is 64.1 Å². The molecular weight excluding hydrogens is 386 g/mol. The zero-order chi connectivity index (χ0) is 16.9. The first-order valence-corrected chi connectivity index (χ1v) is 10.0. The molecule has 0 saturated heterocycles. The second-order valence-electron chi connectivity index (χ2n) is 5.04. The Balaban J connectivity index is 1.96. The van der Waals surface area contributed by atoms with Crippen LogP contribution in [0.3, 0.4) is 0 Å². The maximum absolute atomic E-state index is 5.74. The highest BCUT2D eigenvalue weighted by molar-refractivity contribution is 9.10. The maximum Gasteiger partial charge on any atom is 0.161 e. The molecule has 0 aromatic heterocycles. The molecule has 24 heavy (non-hydrogen) atoms. The largest absolute Gasteiger partial charge is 0.490 e. The summed E-state index contributed by atoms with van der Waals surface area (Å²) < 4.78 is 12.5. The average Bonchev–Trinajstić information content (AvgIpc) is 3.07. The smallest absolute Gasteiger partial charge is 0.161 e. The third-order valence-corrected chi connectivity index (χ3v) is 6.59. The lowest BCUT2D eigenvalue weighted by atomic mass is 10.2. The quantitative estimate of drug-likeness (QED) is 0.658. The second kappa shape index (κ2) is 7.90. The summed E-state index contributed by atoms with van der Waals surface area (Å²) in [5.74, 6) is 1.53. The van der Waals surface area contributed by atoms with Gasteiger partial charge >= 0.3 is 0 Å². The maximum atomic E-state index is 5.74. The molecule has 0 aliphatic carbocycles. The van der Waals surface area contributed by atoms with Gasteiger partial charge in [-0.2, -0.15) is 10.9 Å². The van der Waals surface area contributed by atoms with E-state index in [2.05, 4.69) is 50.7 Å². The van der Waals surface area contributed by atoms with Gasteiger partial charge in [0.15, 0.2) is 11.5 Å². The van der Waals surface area contributed by atoms with Crippen LogP contribution >= 0.6 is 26.8 Å². The van der Waals surface area contributed by atoms with Gasteiger partial charge in [-0.25, -0.2) is 4.99 Å². The molecule has 1 heterocycles. The first kappa shape index (κ1) is 17.1. The van der Waals surface area contributed by atoms with E-state index in [1.165, 1.54) is 4.90 Å². The van der Waals surface area contributed by atoms with Crippen molar-refractivity contribution < 1.29 is 9.47 Å². The lowest BCUT2D eigenvalue weighted by Gasteiger charge is -2.19. The van der Waals surface area contributed by atoms with Crippen molar-refractivity contribution in [2.24, 2.45) is 4.99 Å². The summed E-state index contributed by atoms with van der Waals surface area (Å²) in [7, 11) is -0.669. The van der Waals surface area contributed by atoms with Gasteiger partial charge in [0.05, 0.1) is 24.5 Å². The number of thiol groups is 1. The van der Waals surface area contributed by atoms with Crippen molar-refractivity contribution in [3.63, 3.8) is 0 Å². The summed E-state index contributed by atoms with van der Waals surface area (Å²) in [6, 6.07) is 14.3. The van der Waals surface area contributed by atoms with Crippen molar-refractivity contribution in [3.8, 4) is 11.5 Å². The highest BCUT2D eigenvalue weighted by atomic mass is 79.9. The Labute approximate surface area is 153 Å². The molecule has 3 nitrogen and oxygen atoms in total. The van der Waals surface area contributed by atoms with E-state index in [1.807, 2.05) is 38.1 Å². The van der Waals surface area contributed by atoms with Crippen LogP contribution in [0.2, 0.25) is 0 Å². The normalized spacial score (nSPS) is 17.6. The first-order chi connectivity index (χ1) is 11.7. The molecule has 1 aliphatic heterocycles. The monoisotopic (exact) mass is 404 g/mol. The number of nitrogens with zero attached hydrogens (tertiary/aromatic N) is 1. The SMILES string of the molecule is CCOc1ccc(C2=N[C]=C[SH]2c2ccccc2Br)cc1OCC. The summed E-state index contributed by atoms with van der Waals surface area (Å²) in [6.45, 7) is 5.15. The fourth-order valence-electron chi connectivity index (χ4n) is 2.49. The Morgan fingerprint density at radius 1 is 1.04 bits per heavy atom. The molecule has 5 heteroatoms. The highest BCUT2D eigenvalue weighted by Crippen LogP contribution is 2.48. The Hall–Kier alpha value is -1.72. The molecule has 1 atom stereocenters. The van der Waals surface area contributed by atoms with E-state index in [4.69, 9.17) is 9.47 Å². The fraction of sp³-hybridized carbons (Fsp3) is 0.211. The molecule has 0 spiro atoms. The molecule has 0 fully saturated rings. The van der Waals surface area contributed by atoms with Gasteiger partial charge in [-0.05, 0) is 65.5 Å². The average molecular weight is 405 g/mol. The molecular formula is C19H19BrNO2S. The van der Waals surface area contributed by atoms with Gasteiger partial charge in [0, 0.05) is 14.9 Å². The second-order valence-corrected chi connectivity index (χ2v) is 7.80. The molecule has 1 unspecified atom stereocenters. The molecule has 2 aromatic rings. The van der Waals surface area contributed by atoms with Crippen LogP contribution in [-0.4, -0.2) is 18.3 Å². The topological polar surface area (TPSA) is 30.8 Å². The molecule has 1 aliphatic rings. The lowest BCUT2D eigenvalue weighted by Crippen LogP contribution is -2.03. The van der Waals surface area contributed by atoms with E-state index in [-0.39, 0.29) is 0 Å². The first-order valence-electron chi connectivity index (χ1n) is 7.85. The minimum absolute atomic E-state index is 0.597. The van der Waals surface area contributed by atoms with E-state index < -0.39 is 10.9 Å². The number of benzene rings is 2. The van der Waals surface area contributed by atoms with Crippen molar-refractivity contribution in [2.45, 2.75) is 18.7 Å². The van der Waals surface area contributed by atoms with Crippen LogP contribution in [0.15, 0.2) is 62.2 Å². The van der Waals surface area contributed by atoms with Crippen molar-refractivity contribution >= 4 is 31.9 Å². The Kier molecular flexibility index (Phi) is 5.63. The molecule has 0 bridgehead atoms. The van der Waals surface area contributed by atoms with Gasteiger partial charge in [0.25, 0.3) is 0 Å². The zero-order valence-corrected chi connectivity index (χ0v) is 16.1. The zero-order valence-electron chi connectivity index (χ0n) is 13.6. The van der Waals surface area contributed by atoms with Crippen LogP contribution in [0.5, 0.6) is 11.5 Å². The minimum Gasteiger partial charge on any atom is -0.490 e. The van der Waals surface area contributed by atoms with Crippen LogP contribution in [0.1, 0.15) is 19.4 Å². The van der Waals surface area contributed by atoms with E-state index in [9.17, 15) is 0 Å². The number of aliphatic imine (C=N–C) groups is 1. The number of ether oxygens (including phenoxy) is 2. The Morgan fingerprint density at radius 2 is 1.79 bits per heavy atom. The number of halogens is 1. The van der Waals surface area contributed by atoms with E-state index in [0.29, 0.717) is 13.2 Å².